The van der Waals surface area contributed by atoms with Gasteiger partial charge in [-0.1, -0.05) is 18.2 Å². The van der Waals surface area contributed by atoms with Gasteiger partial charge in [0.05, 0.1) is 12.7 Å². The number of hydrogen-bond donors (Lipinski definition) is 3. The summed E-state index contributed by atoms with van der Waals surface area (Å²) in [4.78, 5) is 11.8. The summed E-state index contributed by atoms with van der Waals surface area (Å²) in [7, 11) is 1.56. The predicted molar refractivity (Wildman–Crippen MR) is 90.7 cm³/mol. The Balaban J connectivity index is 1.90. The molecule has 3 N–H and O–H groups in total. The van der Waals surface area contributed by atoms with Gasteiger partial charge in [0.15, 0.2) is 0 Å². The monoisotopic (exact) mass is 350 g/mol. The van der Waals surface area contributed by atoms with Crippen molar-refractivity contribution in [3.05, 3.63) is 59.7 Å². The van der Waals surface area contributed by atoms with Crippen LogP contribution in [0.1, 0.15) is 12.5 Å². The number of amides is 2. The molecule has 25 heavy (non-hydrogen) atoms. The number of ether oxygens (including phenoxy) is 1. The number of nitrogens with one attached hydrogen (secondary N) is 2. The molecule has 0 aromatic heterocycles. The lowest BCUT2D eigenvalue weighted by molar-refractivity contribution is 0.0629. The topological polar surface area (TPSA) is 70.6 Å². The first-order chi connectivity index (χ1) is 11.8. The Kier molecular flexibility index (Phi) is 5.93. The molecular weight excluding hydrogens is 330 g/mol. The van der Waals surface area contributed by atoms with Gasteiger partial charge < -0.3 is 20.5 Å². The Hall–Kier alpha value is -2.67. The maximum absolute atomic E-state index is 13.5. The fraction of sp³-hybridized carbons (Fsp3) is 0.278. The van der Waals surface area contributed by atoms with Crippen LogP contribution < -0.4 is 15.4 Å². The van der Waals surface area contributed by atoms with E-state index in [4.69, 9.17) is 4.74 Å². The van der Waals surface area contributed by atoms with Gasteiger partial charge in [-0.2, -0.15) is 0 Å². The Labute approximate surface area is 144 Å². The number of benzene rings is 2. The minimum Gasteiger partial charge on any atom is -0.497 e. The lowest BCUT2D eigenvalue weighted by atomic mass is 9.96. The van der Waals surface area contributed by atoms with E-state index in [0.717, 1.165) is 17.7 Å². The molecule has 2 rings (SSSR count). The predicted octanol–water partition coefficient (Wildman–Crippen LogP) is 3.09. The van der Waals surface area contributed by atoms with Gasteiger partial charge in [0, 0.05) is 13.0 Å². The lowest BCUT2D eigenvalue weighted by Gasteiger charge is -2.24. The summed E-state index contributed by atoms with van der Waals surface area (Å²) in [6.07, 6.45) is 0.283. The van der Waals surface area contributed by atoms with E-state index in [-0.39, 0.29) is 13.0 Å². The second-order valence-electron chi connectivity index (χ2n) is 5.93. The van der Waals surface area contributed by atoms with Gasteiger partial charge in [-0.15, -0.1) is 0 Å². The van der Waals surface area contributed by atoms with Crippen LogP contribution in [-0.4, -0.2) is 30.4 Å². The molecule has 0 fully saturated rings. The van der Waals surface area contributed by atoms with Crippen LogP contribution in [0.2, 0.25) is 0 Å². The SMILES string of the molecule is COc1ccc(CC(C)(O)CNC(=O)Nc2c(F)cccc2F)cc1. The van der Waals surface area contributed by atoms with Gasteiger partial charge in [0.1, 0.15) is 23.1 Å². The number of urea groups is 1. The molecule has 5 nitrogen and oxygen atoms in total. The molecule has 0 aliphatic heterocycles. The quantitative estimate of drug-likeness (QED) is 0.750. The third-order valence-corrected chi connectivity index (χ3v) is 3.58. The number of carbonyl (C=O) groups is 1. The summed E-state index contributed by atoms with van der Waals surface area (Å²) in [5, 5.41) is 14.9. The molecule has 0 bridgehead atoms. The fourth-order valence-electron chi connectivity index (χ4n) is 2.29. The highest BCUT2D eigenvalue weighted by Gasteiger charge is 2.22. The van der Waals surface area contributed by atoms with Crippen LogP contribution >= 0.6 is 0 Å². The number of anilines is 1. The van der Waals surface area contributed by atoms with E-state index in [1.54, 1.807) is 26.2 Å². The molecule has 2 aromatic rings. The van der Waals surface area contributed by atoms with Crippen LogP contribution in [0.4, 0.5) is 19.3 Å². The van der Waals surface area contributed by atoms with Crippen molar-refractivity contribution in [2.24, 2.45) is 0 Å². The maximum atomic E-state index is 13.5. The summed E-state index contributed by atoms with van der Waals surface area (Å²) in [6, 6.07) is 9.63. The van der Waals surface area contributed by atoms with Crippen LogP contribution in [0.15, 0.2) is 42.5 Å². The first kappa shape index (κ1) is 18.7. The molecule has 1 unspecified atom stereocenters. The van der Waals surface area contributed by atoms with Gasteiger partial charge in [-0.25, -0.2) is 13.6 Å². The van der Waals surface area contributed by atoms with Gasteiger partial charge in [-0.05, 0) is 36.8 Å². The maximum Gasteiger partial charge on any atom is 0.319 e. The highest BCUT2D eigenvalue weighted by atomic mass is 19.1. The number of halogens is 2. The summed E-state index contributed by atoms with van der Waals surface area (Å²) in [6.45, 7) is 1.46. The van der Waals surface area contributed by atoms with Crippen LogP contribution in [-0.2, 0) is 6.42 Å². The largest absolute Gasteiger partial charge is 0.497 e. The molecule has 0 radical (unpaired) electrons. The molecule has 0 aliphatic carbocycles. The number of rotatable bonds is 6. The Morgan fingerprint density at radius 3 is 2.32 bits per heavy atom. The van der Waals surface area contributed by atoms with Gasteiger partial charge in [0.2, 0.25) is 0 Å². The minimum atomic E-state index is -1.24. The van der Waals surface area contributed by atoms with E-state index in [2.05, 4.69) is 10.6 Å². The molecule has 0 heterocycles. The summed E-state index contributed by atoms with van der Waals surface area (Å²) in [5.41, 5.74) is -0.914. The third kappa shape index (κ3) is 5.42. The minimum absolute atomic E-state index is 0.0963. The number of aliphatic hydroxyl groups is 1. The van der Waals surface area contributed by atoms with Gasteiger partial charge in [-0.3, -0.25) is 0 Å². The van der Waals surface area contributed by atoms with Crippen molar-refractivity contribution >= 4 is 11.7 Å². The van der Waals surface area contributed by atoms with Gasteiger partial charge >= 0.3 is 6.03 Å². The summed E-state index contributed by atoms with van der Waals surface area (Å²) in [5.74, 6) is -1.05. The van der Waals surface area contributed by atoms with Crippen molar-refractivity contribution in [3.8, 4) is 5.75 Å². The van der Waals surface area contributed by atoms with Crippen molar-refractivity contribution in [1.82, 2.24) is 5.32 Å². The zero-order valence-corrected chi connectivity index (χ0v) is 14.0. The van der Waals surface area contributed by atoms with Crippen molar-refractivity contribution in [3.63, 3.8) is 0 Å². The Morgan fingerprint density at radius 1 is 1.16 bits per heavy atom. The third-order valence-electron chi connectivity index (χ3n) is 3.58. The molecule has 0 spiro atoms. The smallest absolute Gasteiger partial charge is 0.319 e. The average molecular weight is 350 g/mol. The molecule has 2 amide bonds. The second-order valence-corrected chi connectivity index (χ2v) is 5.93. The van der Waals surface area contributed by atoms with Crippen LogP contribution in [0.5, 0.6) is 5.75 Å². The Morgan fingerprint density at radius 2 is 1.76 bits per heavy atom. The van der Waals surface area contributed by atoms with Gasteiger partial charge in [0.25, 0.3) is 0 Å². The van der Waals surface area contributed by atoms with Crippen LogP contribution in [0.25, 0.3) is 0 Å². The van der Waals surface area contributed by atoms with Crippen LogP contribution in [0, 0.1) is 11.6 Å². The highest BCUT2D eigenvalue weighted by molar-refractivity contribution is 5.89. The van der Waals surface area contributed by atoms with E-state index in [1.807, 2.05) is 12.1 Å². The van der Waals surface area contributed by atoms with E-state index in [9.17, 15) is 18.7 Å². The molecule has 1 atom stereocenters. The average Bonchev–Trinajstić information content (AvgIpc) is 2.57. The summed E-state index contributed by atoms with van der Waals surface area (Å²) < 4.78 is 32.0. The van der Waals surface area contributed by atoms with Crippen molar-refractivity contribution < 1.29 is 23.4 Å². The number of hydrogen-bond acceptors (Lipinski definition) is 3. The molecule has 7 heteroatoms. The van der Waals surface area contributed by atoms with E-state index >= 15 is 0 Å². The zero-order chi connectivity index (χ0) is 18.4. The highest BCUT2D eigenvalue weighted by Crippen LogP contribution is 2.18. The number of methoxy groups -OCH3 is 1. The van der Waals surface area contributed by atoms with Crippen molar-refractivity contribution in [1.29, 1.82) is 0 Å². The van der Waals surface area contributed by atoms with Crippen LogP contribution in [0.3, 0.4) is 0 Å². The zero-order valence-electron chi connectivity index (χ0n) is 14.0. The Bertz CT molecular complexity index is 713. The van der Waals surface area contributed by atoms with Crippen molar-refractivity contribution in [2.75, 3.05) is 19.0 Å². The molecule has 0 saturated carbocycles. The number of carbonyl (C=O) groups excluding carboxylic acids is 1. The molecule has 134 valence electrons. The fourth-order valence-corrected chi connectivity index (χ4v) is 2.29. The normalized spacial score (nSPS) is 13.0. The summed E-state index contributed by atoms with van der Waals surface area (Å²) >= 11 is 0. The van der Waals surface area contributed by atoms with Crippen molar-refractivity contribution in [2.45, 2.75) is 18.9 Å². The van der Waals surface area contributed by atoms with E-state index in [0.29, 0.717) is 5.75 Å². The second kappa shape index (κ2) is 7.94. The first-order valence-corrected chi connectivity index (χ1v) is 7.65. The molecule has 0 saturated heterocycles. The standard InChI is InChI=1S/C18H20F2N2O3/c1-18(24,10-12-6-8-13(25-2)9-7-12)11-21-17(23)22-16-14(19)4-3-5-15(16)20/h3-9,24H,10-11H2,1-2H3,(H2,21,22,23). The lowest BCUT2D eigenvalue weighted by Crippen LogP contribution is -2.43. The molecular formula is C18H20F2N2O3. The van der Waals surface area contributed by atoms with E-state index in [1.165, 1.54) is 6.07 Å². The van der Waals surface area contributed by atoms with E-state index < -0.39 is 29.0 Å². The molecule has 2 aromatic carbocycles. The first-order valence-electron chi connectivity index (χ1n) is 7.65. The number of para-hydroxylation sites is 1. The molecule has 0 aliphatic rings.